The van der Waals surface area contributed by atoms with Crippen LogP contribution in [-0.4, -0.2) is 42.9 Å². The predicted octanol–water partition coefficient (Wildman–Crippen LogP) is 3.93. The van der Waals surface area contributed by atoms with E-state index in [9.17, 15) is 27.6 Å². The number of benzene rings is 2. The standard InChI is InChI=1S/C27H28F4N4O4/c1-39-19-10-9-17-21(15-5-3-2-4-6-15)33-24(26(38)34-22(17)20(19)28)35-25(37)16(11-12-27(29,30)31)18(23(32)36)13-14-7-8-14/h2-6,9-10,14,16,18,24H,7-8,11-13H2,1H3,(H2,32,36)(H,34,38)(H,35,37). The molecule has 8 nitrogen and oxygen atoms in total. The molecule has 1 heterocycles. The largest absolute Gasteiger partial charge is 0.494 e. The van der Waals surface area contributed by atoms with Crippen LogP contribution in [-0.2, 0) is 14.4 Å². The Balaban J connectivity index is 1.70. The Morgan fingerprint density at radius 1 is 1.15 bits per heavy atom. The first-order valence-corrected chi connectivity index (χ1v) is 12.5. The second-order valence-electron chi connectivity index (χ2n) is 9.70. The number of halogens is 4. The molecule has 1 saturated carbocycles. The van der Waals surface area contributed by atoms with E-state index >= 15 is 4.39 Å². The van der Waals surface area contributed by atoms with Gasteiger partial charge in [-0.15, -0.1) is 0 Å². The molecule has 0 spiro atoms. The zero-order valence-electron chi connectivity index (χ0n) is 21.1. The van der Waals surface area contributed by atoms with E-state index in [0.717, 1.165) is 12.8 Å². The molecular weight excluding hydrogens is 520 g/mol. The summed E-state index contributed by atoms with van der Waals surface area (Å²) in [6.07, 6.45) is -6.45. The van der Waals surface area contributed by atoms with Gasteiger partial charge < -0.3 is 21.1 Å². The van der Waals surface area contributed by atoms with Crippen molar-refractivity contribution in [1.82, 2.24) is 5.32 Å². The van der Waals surface area contributed by atoms with Crippen molar-refractivity contribution in [2.24, 2.45) is 28.5 Å². The summed E-state index contributed by atoms with van der Waals surface area (Å²) in [6, 6.07) is 11.3. The summed E-state index contributed by atoms with van der Waals surface area (Å²) in [5.74, 6) is -6.26. The number of nitrogens with zero attached hydrogens (tertiary/aromatic N) is 1. The van der Waals surface area contributed by atoms with Crippen LogP contribution in [0, 0.1) is 23.6 Å². The topological polar surface area (TPSA) is 123 Å². The number of rotatable bonds is 10. The molecule has 1 fully saturated rings. The summed E-state index contributed by atoms with van der Waals surface area (Å²) >= 11 is 0. The van der Waals surface area contributed by atoms with Crippen molar-refractivity contribution in [2.75, 3.05) is 12.4 Å². The van der Waals surface area contributed by atoms with Crippen LogP contribution in [0.15, 0.2) is 47.5 Å². The molecule has 0 aromatic heterocycles. The van der Waals surface area contributed by atoms with E-state index in [1.165, 1.54) is 19.2 Å². The monoisotopic (exact) mass is 548 g/mol. The molecule has 4 rings (SSSR count). The van der Waals surface area contributed by atoms with Gasteiger partial charge in [-0.25, -0.2) is 9.38 Å². The van der Waals surface area contributed by atoms with Crippen LogP contribution in [0.5, 0.6) is 5.75 Å². The first-order chi connectivity index (χ1) is 18.5. The molecule has 1 aliphatic heterocycles. The molecule has 12 heteroatoms. The quantitative estimate of drug-likeness (QED) is 0.390. The minimum Gasteiger partial charge on any atom is -0.494 e. The summed E-state index contributed by atoms with van der Waals surface area (Å²) in [5, 5.41) is 4.80. The van der Waals surface area contributed by atoms with Crippen LogP contribution in [0.4, 0.5) is 23.2 Å². The first kappa shape index (κ1) is 28.1. The lowest BCUT2D eigenvalue weighted by molar-refractivity contribution is -0.146. The summed E-state index contributed by atoms with van der Waals surface area (Å²) in [4.78, 5) is 43.2. The Morgan fingerprint density at radius 3 is 2.44 bits per heavy atom. The number of hydrogen-bond acceptors (Lipinski definition) is 5. The molecule has 2 aromatic rings. The maximum atomic E-state index is 15.2. The van der Waals surface area contributed by atoms with E-state index in [4.69, 9.17) is 10.5 Å². The van der Waals surface area contributed by atoms with E-state index in [0.29, 0.717) is 5.56 Å². The third-order valence-corrected chi connectivity index (χ3v) is 6.87. The Bertz CT molecular complexity index is 1280. The van der Waals surface area contributed by atoms with E-state index in [1.807, 2.05) is 0 Å². The number of carbonyl (C=O) groups is 3. The van der Waals surface area contributed by atoms with Gasteiger partial charge in [-0.05, 0) is 30.9 Å². The maximum Gasteiger partial charge on any atom is 0.389 e. The van der Waals surface area contributed by atoms with Gasteiger partial charge in [-0.2, -0.15) is 13.2 Å². The minimum atomic E-state index is -4.57. The van der Waals surface area contributed by atoms with E-state index in [2.05, 4.69) is 15.6 Å². The summed E-state index contributed by atoms with van der Waals surface area (Å²) < 4.78 is 59.5. The average molecular weight is 549 g/mol. The van der Waals surface area contributed by atoms with Crippen LogP contribution in [0.3, 0.4) is 0 Å². The highest BCUT2D eigenvalue weighted by Gasteiger charge is 2.41. The zero-order valence-corrected chi connectivity index (χ0v) is 21.1. The van der Waals surface area contributed by atoms with Gasteiger partial charge in [0.2, 0.25) is 18.0 Å². The summed E-state index contributed by atoms with van der Waals surface area (Å²) in [7, 11) is 1.26. The van der Waals surface area contributed by atoms with Crippen molar-refractivity contribution in [1.29, 1.82) is 0 Å². The lowest BCUT2D eigenvalue weighted by Gasteiger charge is -2.26. The third kappa shape index (κ3) is 6.73. The lowest BCUT2D eigenvalue weighted by Crippen LogP contribution is -2.48. The van der Waals surface area contributed by atoms with Gasteiger partial charge in [0.05, 0.1) is 18.5 Å². The van der Waals surface area contributed by atoms with Crippen LogP contribution < -0.4 is 21.1 Å². The molecule has 3 unspecified atom stereocenters. The molecule has 39 heavy (non-hydrogen) atoms. The Labute approximate surface area is 222 Å². The molecule has 2 aliphatic rings. The van der Waals surface area contributed by atoms with Gasteiger partial charge in [0.1, 0.15) is 0 Å². The number of primary amides is 1. The Hall–Kier alpha value is -3.96. The van der Waals surface area contributed by atoms with Crippen molar-refractivity contribution in [3.8, 4) is 5.75 Å². The van der Waals surface area contributed by atoms with Gasteiger partial charge in [-0.3, -0.25) is 14.4 Å². The molecular formula is C27H28F4N4O4. The van der Waals surface area contributed by atoms with Gasteiger partial charge in [0.15, 0.2) is 11.6 Å². The van der Waals surface area contributed by atoms with Crippen molar-refractivity contribution in [2.45, 2.75) is 44.4 Å². The summed E-state index contributed by atoms with van der Waals surface area (Å²) in [6.45, 7) is 0. The van der Waals surface area contributed by atoms with Crippen LogP contribution in [0.1, 0.15) is 43.2 Å². The van der Waals surface area contributed by atoms with Crippen LogP contribution >= 0.6 is 0 Å². The smallest absolute Gasteiger partial charge is 0.389 e. The Morgan fingerprint density at radius 2 is 1.85 bits per heavy atom. The number of carbonyl (C=O) groups excluding carboxylic acids is 3. The van der Waals surface area contributed by atoms with Gasteiger partial charge >= 0.3 is 6.18 Å². The molecule has 1 aliphatic carbocycles. The number of nitrogens with two attached hydrogens (primary N) is 1. The second kappa shape index (κ2) is 11.4. The number of alkyl halides is 3. The Kier molecular flexibility index (Phi) is 8.22. The third-order valence-electron chi connectivity index (χ3n) is 6.87. The molecule has 3 amide bonds. The molecule has 0 radical (unpaired) electrons. The number of anilines is 1. The fraction of sp³-hybridized carbons (Fsp3) is 0.407. The molecule has 2 aromatic carbocycles. The van der Waals surface area contributed by atoms with Crippen molar-refractivity contribution >= 4 is 29.1 Å². The van der Waals surface area contributed by atoms with E-state index in [-0.39, 0.29) is 35.1 Å². The number of aliphatic imine (C=N–C) groups is 1. The fourth-order valence-electron chi connectivity index (χ4n) is 4.67. The number of ether oxygens (including phenoxy) is 1. The van der Waals surface area contributed by atoms with Crippen molar-refractivity contribution in [3.05, 3.63) is 59.4 Å². The first-order valence-electron chi connectivity index (χ1n) is 12.5. The highest BCUT2D eigenvalue weighted by Crippen LogP contribution is 2.39. The fourth-order valence-corrected chi connectivity index (χ4v) is 4.67. The second-order valence-corrected chi connectivity index (χ2v) is 9.70. The number of fused-ring (bicyclic) bond motifs is 1. The minimum absolute atomic E-state index is 0.0972. The number of hydrogen-bond donors (Lipinski definition) is 3. The maximum absolute atomic E-state index is 15.2. The van der Waals surface area contributed by atoms with Crippen LogP contribution in [0.25, 0.3) is 0 Å². The van der Waals surface area contributed by atoms with Crippen LogP contribution in [0.2, 0.25) is 0 Å². The molecule has 0 saturated heterocycles. The molecule has 4 N–H and O–H groups in total. The van der Waals surface area contributed by atoms with Gasteiger partial charge in [0, 0.05) is 29.4 Å². The van der Waals surface area contributed by atoms with Crippen molar-refractivity contribution in [3.63, 3.8) is 0 Å². The van der Waals surface area contributed by atoms with E-state index in [1.54, 1.807) is 30.3 Å². The summed E-state index contributed by atoms with van der Waals surface area (Å²) in [5.41, 5.74) is 6.16. The highest BCUT2D eigenvalue weighted by molar-refractivity contribution is 6.20. The number of nitrogens with one attached hydrogen (secondary N) is 2. The normalized spacial score (nSPS) is 18.6. The highest BCUT2D eigenvalue weighted by atomic mass is 19.4. The van der Waals surface area contributed by atoms with E-state index < -0.39 is 60.6 Å². The number of amides is 3. The SMILES string of the molecule is COc1ccc2c(c1F)NC(=O)C(NC(=O)C(CCC(F)(F)F)C(CC1CC1)C(N)=O)N=C2c1ccccc1. The van der Waals surface area contributed by atoms with Gasteiger partial charge in [-0.1, -0.05) is 43.2 Å². The lowest BCUT2D eigenvalue weighted by atomic mass is 9.83. The predicted molar refractivity (Wildman–Crippen MR) is 134 cm³/mol. The molecule has 0 bridgehead atoms. The molecule has 208 valence electrons. The average Bonchev–Trinajstić information content (AvgIpc) is 3.72. The number of benzodiazepines with no additional fused rings is 1. The van der Waals surface area contributed by atoms with Gasteiger partial charge in [0.25, 0.3) is 5.91 Å². The zero-order chi connectivity index (χ0) is 28.3. The van der Waals surface area contributed by atoms with Crippen molar-refractivity contribution < 1.29 is 36.7 Å². The number of methoxy groups -OCH3 is 1. The molecule has 3 atom stereocenters.